The highest BCUT2D eigenvalue weighted by Crippen LogP contribution is 2.18. The number of halogens is 1. The Morgan fingerprint density at radius 3 is 2.71 bits per heavy atom. The quantitative estimate of drug-likeness (QED) is 0.698. The van der Waals surface area contributed by atoms with Crippen LogP contribution in [0.1, 0.15) is 10.4 Å². The van der Waals surface area contributed by atoms with Gasteiger partial charge in [0.25, 0.3) is 5.24 Å². The Balaban J connectivity index is 2.73. The van der Waals surface area contributed by atoms with Crippen LogP contribution in [0.2, 0.25) is 0 Å². The lowest BCUT2D eigenvalue weighted by atomic mass is 10.2. The molecule has 0 aliphatic heterocycles. The number of hydrogen-bond acceptors (Lipinski definition) is 3. The molecule has 0 N–H and O–H groups in total. The maximum absolute atomic E-state index is 11.0. The van der Waals surface area contributed by atoms with E-state index in [0.717, 1.165) is 21.4 Å². The average Bonchev–Trinajstić information content (AvgIpc) is 2.16. The fraction of sp³-hybridized carbons (Fsp3) is 0. The van der Waals surface area contributed by atoms with Gasteiger partial charge in [0, 0.05) is 10.3 Å². The Bertz CT molecular complexity index is 559. The predicted molar refractivity (Wildman–Crippen MR) is 58.3 cm³/mol. The first kappa shape index (κ1) is 9.37. The van der Waals surface area contributed by atoms with Gasteiger partial charge in [-0.05, 0) is 47.3 Å². The summed E-state index contributed by atoms with van der Waals surface area (Å²) in [6, 6.07) is 8.21. The summed E-state index contributed by atoms with van der Waals surface area (Å²) in [6.45, 7) is 0. The number of rotatable bonds is 1. The molecule has 0 aliphatic rings. The fourth-order valence-electron chi connectivity index (χ4n) is 1.19. The molecule has 0 saturated heterocycles. The third-order valence-corrected chi connectivity index (χ3v) is 2.99. The summed E-state index contributed by atoms with van der Waals surface area (Å²) in [4.78, 5) is 21.9. The average molecular weight is 225 g/mol. The maximum Gasteiger partial charge on any atom is 0.252 e. The Morgan fingerprint density at radius 2 is 2.00 bits per heavy atom. The summed E-state index contributed by atoms with van der Waals surface area (Å²) < 4.78 is 0.863. The smallest absolute Gasteiger partial charge is 0.252 e. The summed E-state index contributed by atoms with van der Waals surface area (Å²) in [5.41, 5.74) is 0.449. The van der Waals surface area contributed by atoms with Crippen molar-refractivity contribution in [3.63, 3.8) is 0 Å². The van der Waals surface area contributed by atoms with Crippen molar-refractivity contribution in [2.24, 2.45) is 0 Å². The molecule has 70 valence electrons. The first-order chi connectivity index (χ1) is 6.66. The van der Waals surface area contributed by atoms with E-state index in [2.05, 4.69) is 0 Å². The molecule has 2 aromatic rings. The molecular weight excluding hydrogens is 220 g/mol. The molecule has 0 spiro atoms. The van der Waals surface area contributed by atoms with E-state index in [1.54, 1.807) is 24.3 Å². The number of carbonyl (C=O) groups excluding carboxylic acids is 1. The van der Waals surface area contributed by atoms with Gasteiger partial charge in [0.2, 0.25) is 4.74 Å². The van der Waals surface area contributed by atoms with Crippen LogP contribution in [0.4, 0.5) is 0 Å². The van der Waals surface area contributed by atoms with E-state index in [9.17, 15) is 9.59 Å². The first-order valence-electron chi connectivity index (χ1n) is 3.90. The second-order valence-corrected chi connectivity index (χ2v) is 4.17. The molecule has 1 heterocycles. The zero-order valence-electron chi connectivity index (χ0n) is 6.99. The zero-order chi connectivity index (χ0) is 10.1. The normalized spacial score (nSPS) is 10.4. The topological polar surface area (TPSA) is 34.1 Å². The van der Waals surface area contributed by atoms with E-state index in [1.807, 2.05) is 0 Å². The minimum absolute atomic E-state index is 0.00227. The molecule has 0 radical (unpaired) electrons. The molecule has 2 rings (SSSR count). The van der Waals surface area contributed by atoms with E-state index < -0.39 is 5.24 Å². The lowest BCUT2D eigenvalue weighted by Gasteiger charge is -1.97. The van der Waals surface area contributed by atoms with E-state index >= 15 is 0 Å². The Morgan fingerprint density at radius 1 is 1.21 bits per heavy atom. The summed E-state index contributed by atoms with van der Waals surface area (Å²) in [5, 5.41) is 0.379. The summed E-state index contributed by atoms with van der Waals surface area (Å²) in [6.07, 6.45) is 0. The lowest BCUT2D eigenvalue weighted by molar-refractivity contribution is 0.108. The van der Waals surface area contributed by atoms with Crippen LogP contribution in [0.3, 0.4) is 0 Å². The molecule has 0 saturated carbocycles. The Kier molecular flexibility index (Phi) is 2.35. The van der Waals surface area contributed by atoms with Crippen LogP contribution in [-0.4, -0.2) is 5.24 Å². The highest BCUT2D eigenvalue weighted by atomic mass is 35.5. The van der Waals surface area contributed by atoms with Gasteiger partial charge in [-0.1, -0.05) is 11.3 Å². The van der Waals surface area contributed by atoms with Crippen LogP contribution in [0.25, 0.3) is 10.1 Å². The first-order valence-corrected chi connectivity index (χ1v) is 5.10. The Hall–Kier alpha value is -1.19. The third-order valence-electron chi connectivity index (χ3n) is 1.85. The van der Waals surface area contributed by atoms with Gasteiger partial charge in [-0.2, -0.15) is 0 Å². The lowest BCUT2D eigenvalue weighted by Crippen LogP contribution is -1.91. The largest absolute Gasteiger partial charge is 0.278 e. The van der Waals surface area contributed by atoms with Gasteiger partial charge < -0.3 is 0 Å². The molecule has 0 fully saturated rings. The third kappa shape index (κ3) is 1.69. The number of hydrogen-bond donors (Lipinski definition) is 0. The van der Waals surface area contributed by atoms with Gasteiger partial charge in [-0.25, -0.2) is 0 Å². The molecule has 1 aromatic carbocycles. The fourth-order valence-corrected chi connectivity index (χ4v) is 2.05. The van der Waals surface area contributed by atoms with Gasteiger partial charge in [0.05, 0.1) is 0 Å². The highest BCUT2D eigenvalue weighted by Gasteiger charge is 2.02. The Labute approximate surface area is 88.8 Å². The van der Waals surface area contributed by atoms with Gasteiger partial charge in [0.1, 0.15) is 0 Å². The molecule has 0 aliphatic carbocycles. The SMILES string of the molecule is O=C(Cl)c1ccc2sc(=O)ccc2c1. The van der Waals surface area contributed by atoms with Crippen molar-refractivity contribution in [3.05, 3.63) is 45.4 Å². The van der Waals surface area contributed by atoms with E-state index in [4.69, 9.17) is 11.6 Å². The minimum atomic E-state index is -0.483. The molecule has 0 amide bonds. The monoisotopic (exact) mass is 224 g/mol. The van der Waals surface area contributed by atoms with Gasteiger partial charge in [0.15, 0.2) is 0 Å². The van der Waals surface area contributed by atoms with Crippen molar-refractivity contribution in [2.75, 3.05) is 0 Å². The molecule has 14 heavy (non-hydrogen) atoms. The van der Waals surface area contributed by atoms with Crippen LogP contribution in [-0.2, 0) is 0 Å². The number of carbonyl (C=O) groups is 1. The number of fused-ring (bicyclic) bond motifs is 1. The summed E-state index contributed by atoms with van der Waals surface area (Å²) >= 11 is 6.49. The molecule has 2 nitrogen and oxygen atoms in total. The van der Waals surface area contributed by atoms with Gasteiger partial charge in [-0.3, -0.25) is 9.59 Å². The number of benzene rings is 1. The van der Waals surface area contributed by atoms with Crippen molar-refractivity contribution in [2.45, 2.75) is 0 Å². The molecule has 1 aromatic heterocycles. The van der Waals surface area contributed by atoms with Crippen molar-refractivity contribution >= 4 is 38.3 Å². The molecule has 0 atom stereocenters. The van der Waals surface area contributed by atoms with E-state index in [1.165, 1.54) is 6.07 Å². The molecular formula is C10H5ClO2S. The van der Waals surface area contributed by atoms with Crippen LogP contribution in [0, 0.1) is 0 Å². The van der Waals surface area contributed by atoms with Crippen molar-refractivity contribution in [1.82, 2.24) is 0 Å². The van der Waals surface area contributed by atoms with Gasteiger partial charge >= 0.3 is 0 Å². The summed E-state index contributed by atoms with van der Waals surface area (Å²) in [5.74, 6) is 0. The van der Waals surface area contributed by atoms with E-state index in [-0.39, 0.29) is 4.74 Å². The van der Waals surface area contributed by atoms with Gasteiger partial charge in [-0.15, -0.1) is 0 Å². The summed E-state index contributed by atoms with van der Waals surface area (Å²) in [7, 11) is 0. The van der Waals surface area contributed by atoms with E-state index in [0.29, 0.717) is 5.56 Å². The van der Waals surface area contributed by atoms with Crippen LogP contribution < -0.4 is 4.74 Å². The zero-order valence-corrected chi connectivity index (χ0v) is 8.56. The van der Waals surface area contributed by atoms with Crippen LogP contribution in [0.5, 0.6) is 0 Å². The van der Waals surface area contributed by atoms with Crippen molar-refractivity contribution < 1.29 is 4.79 Å². The molecule has 0 bridgehead atoms. The van der Waals surface area contributed by atoms with Crippen molar-refractivity contribution in [1.29, 1.82) is 0 Å². The minimum Gasteiger partial charge on any atom is -0.278 e. The highest BCUT2D eigenvalue weighted by molar-refractivity contribution is 7.16. The second-order valence-electron chi connectivity index (χ2n) is 2.78. The van der Waals surface area contributed by atoms with Crippen molar-refractivity contribution in [3.8, 4) is 0 Å². The van der Waals surface area contributed by atoms with Crippen LogP contribution in [0.15, 0.2) is 35.1 Å². The second kappa shape index (κ2) is 3.52. The standard InChI is InChI=1S/C10H5ClO2S/c11-10(13)7-1-3-8-6(5-7)2-4-9(12)14-8/h1-5H. The predicted octanol–water partition coefficient (Wildman–Crippen LogP) is 2.64. The van der Waals surface area contributed by atoms with Crippen LogP contribution >= 0.6 is 22.9 Å². The maximum atomic E-state index is 11.0. The molecule has 0 unspecified atom stereocenters. The molecule has 4 heteroatoms.